The summed E-state index contributed by atoms with van der Waals surface area (Å²) in [6.07, 6.45) is 4.84. The van der Waals surface area contributed by atoms with Gasteiger partial charge >= 0.3 is 0 Å². The van der Waals surface area contributed by atoms with E-state index in [1.54, 1.807) is 47.3 Å². The van der Waals surface area contributed by atoms with Gasteiger partial charge < -0.3 is 9.84 Å². The summed E-state index contributed by atoms with van der Waals surface area (Å²) in [4.78, 5) is 20.7. The number of rotatable bonds is 6. The van der Waals surface area contributed by atoms with E-state index in [2.05, 4.69) is 25.5 Å². The monoisotopic (exact) mass is 404 g/mol. The standard InChI is InChI=1S/C21H17FN6O2/c22-15-4-2-1-3-14(15)12-28-18(16-8-10-30-27-16)11-17(26-28)20-23-9-7-19(24-20)25-21(29)13-5-6-13/h1-4,7-11,13H,5-6,12H2,(H,23,24,25,29). The molecule has 1 fully saturated rings. The van der Waals surface area contributed by atoms with Crippen molar-refractivity contribution < 1.29 is 13.7 Å². The average Bonchev–Trinajstić information content (AvgIpc) is 3.30. The van der Waals surface area contributed by atoms with Crippen LogP contribution in [0, 0.1) is 11.7 Å². The average molecular weight is 404 g/mol. The molecule has 4 aromatic rings. The molecule has 1 aromatic carbocycles. The van der Waals surface area contributed by atoms with Crippen LogP contribution in [-0.4, -0.2) is 30.8 Å². The normalized spacial score (nSPS) is 13.4. The Morgan fingerprint density at radius 2 is 2.07 bits per heavy atom. The van der Waals surface area contributed by atoms with Gasteiger partial charge in [-0.25, -0.2) is 14.4 Å². The van der Waals surface area contributed by atoms with Crippen LogP contribution in [0.15, 0.2) is 59.4 Å². The van der Waals surface area contributed by atoms with Gasteiger partial charge in [-0.1, -0.05) is 23.4 Å². The number of hydrogen-bond acceptors (Lipinski definition) is 6. The van der Waals surface area contributed by atoms with Gasteiger partial charge in [0.25, 0.3) is 0 Å². The lowest BCUT2D eigenvalue weighted by Gasteiger charge is -2.06. The molecule has 3 heterocycles. The second-order valence-corrected chi connectivity index (χ2v) is 7.08. The molecule has 3 aromatic heterocycles. The molecule has 1 amide bonds. The number of nitrogens with one attached hydrogen (secondary N) is 1. The molecule has 1 saturated carbocycles. The van der Waals surface area contributed by atoms with E-state index < -0.39 is 0 Å². The molecule has 0 unspecified atom stereocenters. The van der Waals surface area contributed by atoms with Gasteiger partial charge in [-0.3, -0.25) is 9.48 Å². The zero-order valence-corrected chi connectivity index (χ0v) is 15.8. The molecule has 0 atom stereocenters. The van der Waals surface area contributed by atoms with Crippen molar-refractivity contribution in [1.82, 2.24) is 24.9 Å². The number of hydrogen-bond donors (Lipinski definition) is 1. The Morgan fingerprint density at radius 1 is 1.20 bits per heavy atom. The lowest BCUT2D eigenvalue weighted by Crippen LogP contribution is -2.14. The summed E-state index contributed by atoms with van der Waals surface area (Å²) >= 11 is 0. The highest BCUT2D eigenvalue weighted by atomic mass is 19.1. The Bertz CT molecular complexity index is 1200. The Morgan fingerprint density at radius 3 is 2.83 bits per heavy atom. The zero-order chi connectivity index (χ0) is 20.5. The van der Waals surface area contributed by atoms with Crippen LogP contribution >= 0.6 is 0 Å². The lowest BCUT2D eigenvalue weighted by molar-refractivity contribution is -0.117. The summed E-state index contributed by atoms with van der Waals surface area (Å²) in [5, 5.41) is 11.4. The molecule has 150 valence electrons. The van der Waals surface area contributed by atoms with Gasteiger partial charge in [0.05, 0.1) is 12.2 Å². The minimum absolute atomic E-state index is 0.0342. The van der Waals surface area contributed by atoms with Crippen LogP contribution in [0.3, 0.4) is 0 Å². The first kappa shape index (κ1) is 18.2. The van der Waals surface area contributed by atoms with Gasteiger partial charge in [0, 0.05) is 23.7 Å². The van der Waals surface area contributed by atoms with E-state index in [1.165, 1.54) is 12.3 Å². The first-order valence-electron chi connectivity index (χ1n) is 9.53. The van der Waals surface area contributed by atoms with E-state index in [0.29, 0.717) is 34.3 Å². The third-order valence-electron chi connectivity index (χ3n) is 4.84. The summed E-state index contributed by atoms with van der Waals surface area (Å²) in [5.74, 6) is 0.487. The third kappa shape index (κ3) is 3.69. The van der Waals surface area contributed by atoms with E-state index in [-0.39, 0.29) is 24.2 Å². The number of benzene rings is 1. The molecule has 0 saturated heterocycles. The quantitative estimate of drug-likeness (QED) is 0.528. The summed E-state index contributed by atoms with van der Waals surface area (Å²) in [7, 11) is 0. The number of carbonyl (C=O) groups excluding carboxylic acids is 1. The summed E-state index contributed by atoms with van der Waals surface area (Å²) in [6, 6.07) is 11.6. The zero-order valence-electron chi connectivity index (χ0n) is 15.8. The van der Waals surface area contributed by atoms with Crippen molar-refractivity contribution in [2.75, 3.05) is 5.32 Å². The Hall–Kier alpha value is -3.88. The van der Waals surface area contributed by atoms with Crippen LogP contribution in [0.4, 0.5) is 10.2 Å². The van der Waals surface area contributed by atoms with E-state index in [0.717, 1.165) is 12.8 Å². The molecule has 0 spiro atoms. The number of anilines is 1. The smallest absolute Gasteiger partial charge is 0.228 e. The number of halogens is 1. The molecular formula is C21H17FN6O2. The molecule has 1 N–H and O–H groups in total. The van der Waals surface area contributed by atoms with Gasteiger partial charge in [0.2, 0.25) is 5.91 Å². The van der Waals surface area contributed by atoms with Crippen LogP contribution in [0.5, 0.6) is 0 Å². The molecule has 1 aliphatic carbocycles. The second kappa shape index (κ2) is 7.51. The topological polar surface area (TPSA) is 98.7 Å². The molecule has 0 bridgehead atoms. The van der Waals surface area contributed by atoms with Crippen molar-refractivity contribution in [1.29, 1.82) is 0 Å². The Labute approximate surface area is 170 Å². The largest absolute Gasteiger partial charge is 0.364 e. The summed E-state index contributed by atoms with van der Waals surface area (Å²) in [5.41, 5.74) is 2.16. The molecule has 0 radical (unpaired) electrons. The molecule has 0 aliphatic heterocycles. The Kier molecular flexibility index (Phi) is 4.55. The van der Waals surface area contributed by atoms with Crippen LogP contribution < -0.4 is 5.32 Å². The van der Waals surface area contributed by atoms with Gasteiger partial charge in [-0.05, 0) is 31.0 Å². The predicted octanol–water partition coefficient (Wildman–Crippen LogP) is 3.53. The maximum Gasteiger partial charge on any atom is 0.228 e. The lowest BCUT2D eigenvalue weighted by atomic mass is 10.2. The third-order valence-corrected chi connectivity index (χ3v) is 4.84. The van der Waals surface area contributed by atoms with Crippen molar-refractivity contribution in [3.63, 3.8) is 0 Å². The van der Waals surface area contributed by atoms with Gasteiger partial charge in [-0.2, -0.15) is 5.10 Å². The first-order chi connectivity index (χ1) is 14.7. The van der Waals surface area contributed by atoms with E-state index >= 15 is 0 Å². The van der Waals surface area contributed by atoms with Crippen LogP contribution in [0.1, 0.15) is 18.4 Å². The van der Waals surface area contributed by atoms with Gasteiger partial charge in [0.15, 0.2) is 5.82 Å². The number of amides is 1. The van der Waals surface area contributed by atoms with Crippen molar-refractivity contribution >= 4 is 11.7 Å². The van der Waals surface area contributed by atoms with Crippen LogP contribution in [-0.2, 0) is 11.3 Å². The molecular weight excluding hydrogens is 387 g/mol. The molecule has 30 heavy (non-hydrogen) atoms. The fourth-order valence-corrected chi connectivity index (χ4v) is 3.11. The second-order valence-electron chi connectivity index (χ2n) is 7.08. The maximum atomic E-state index is 14.2. The summed E-state index contributed by atoms with van der Waals surface area (Å²) in [6.45, 7) is 0.201. The number of carbonyl (C=O) groups is 1. The minimum Gasteiger partial charge on any atom is -0.364 e. The highest BCUT2D eigenvalue weighted by molar-refractivity contribution is 5.93. The van der Waals surface area contributed by atoms with Crippen molar-refractivity contribution in [3.8, 4) is 22.9 Å². The van der Waals surface area contributed by atoms with Crippen molar-refractivity contribution in [2.24, 2.45) is 5.92 Å². The SMILES string of the molecule is O=C(Nc1ccnc(-c2cc(-c3ccon3)n(Cc3ccccc3F)n2)n1)C1CC1. The predicted molar refractivity (Wildman–Crippen MR) is 106 cm³/mol. The summed E-state index contributed by atoms with van der Waals surface area (Å²) < 4.78 is 20.8. The fourth-order valence-electron chi connectivity index (χ4n) is 3.11. The van der Waals surface area contributed by atoms with Crippen LogP contribution in [0.25, 0.3) is 22.9 Å². The maximum absolute atomic E-state index is 14.2. The number of aromatic nitrogens is 5. The van der Waals surface area contributed by atoms with Crippen LogP contribution in [0.2, 0.25) is 0 Å². The highest BCUT2D eigenvalue weighted by Crippen LogP contribution is 2.30. The van der Waals surface area contributed by atoms with Crippen molar-refractivity contribution in [2.45, 2.75) is 19.4 Å². The molecule has 5 rings (SSSR count). The molecule has 1 aliphatic rings. The highest BCUT2D eigenvalue weighted by Gasteiger charge is 2.30. The minimum atomic E-state index is -0.318. The van der Waals surface area contributed by atoms with Gasteiger partial charge in [0.1, 0.15) is 29.3 Å². The van der Waals surface area contributed by atoms with E-state index in [4.69, 9.17) is 4.52 Å². The van der Waals surface area contributed by atoms with E-state index in [1.807, 2.05) is 0 Å². The van der Waals surface area contributed by atoms with Gasteiger partial charge in [-0.15, -0.1) is 0 Å². The van der Waals surface area contributed by atoms with E-state index in [9.17, 15) is 9.18 Å². The Balaban J connectivity index is 1.50. The van der Waals surface area contributed by atoms with Crippen molar-refractivity contribution in [3.05, 3.63) is 66.3 Å². The molecule has 8 nitrogen and oxygen atoms in total. The molecule has 9 heteroatoms. The first-order valence-corrected chi connectivity index (χ1v) is 9.53. The fraction of sp³-hybridized carbons (Fsp3) is 0.190. The number of nitrogens with zero attached hydrogens (tertiary/aromatic N) is 5.